The fourth-order valence-electron chi connectivity index (χ4n) is 5.46. The first-order chi connectivity index (χ1) is 30.9. The van der Waals surface area contributed by atoms with Gasteiger partial charge in [-0.1, -0.05) is 60.7 Å². The van der Waals surface area contributed by atoms with Crippen molar-refractivity contribution in [3.63, 3.8) is 0 Å². The molecule has 2 heterocycles. The third-order valence-corrected chi connectivity index (χ3v) is 10.0. The van der Waals surface area contributed by atoms with Gasteiger partial charge in [-0.3, -0.25) is 29.0 Å². The van der Waals surface area contributed by atoms with E-state index in [4.69, 9.17) is 29.2 Å². The number of aromatic nitrogens is 6. The van der Waals surface area contributed by atoms with Gasteiger partial charge in [0.1, 0.15) is 23.0 Å². The van der Waals surface area contributed by atoms with Crippen molar-refractivity contribution in [3.8, 4) is 12.0 Å². The molecule has 2 aromatic heterocycles. The minimum atomic E-state index is -4.90. The molecule has 0 saturated carbocycles. The molecule has 0 spiro atoms. The predicted molar refractivity (Wildman–Crippen MR) is 239 cm³/mol. The van der Waals surface area contributed by atoms with E-state index in [0.29, 0.717) is 11.4 Å². The molecule has 0 aliphatic carbocycles. The third kappa shape index (κ3) is 17.1. The first-order valence-corrected chi connectivity index (χ1v) is 22.0. The van der Waals surface area contributed by atoms with Crippen LogP contribution >= 0.6 is 0 Å². The zero-order valence-corrected chi connectivity index (χ0v) is 41.2. The molecule has 2 radical (unpaired) electrons. The molecule has 6 aromatic rings. The van der Waals surface area contributed by atoms with E-state index in [1.165, 1.54) is 36.4 Å². The Hall–Kier alpha value is -4.90. The van der Waals surface area contributed by atoms with Gasteiger partial charge >= 0.3 is 0 Å². The zero-order chi connectivity index (χ0) is 45.4. The maximum atomic E-state index is 12.7. The van der Waals surface area contributed by atoms with Gasteiger partial charge in [0.15, 0.2) is 0 Å². The summed E-state index contributed by atoms with van der Waals surface area (Å²) in [6.45, 7) is 0.304. The molecule has 4 aromatic carbocycles. The largest absolute Gasteiger partial charge is 0.462 e. The first kappa shape index (κ1) is 53.7. The number of hydrogen-bond donors (Lipinski definition) is 8. The molecule has 66 heavy (non-hydrogen) atoms. The summed E-state index contributed by atoms with van der Waals surface area (Å²) < 4.78 is 93.0. The second-order valence-corrected chi connectivity index (χ2v) is 15.7. The van der Waals surface area contributed by atoms with Crippen LogP contribution in [-0.4, -0.2) is 178 Å². The van der Waals surface area contributed by atoms with Crippen molar-refractivity contribution in [3.05, 3.63) is 131 Å². The summed E-state index contributed by atoms with van der Waals surface area (Å²) in [5.41, 5.74) is 1.29. The van der Waals surface area contributed by atoms with Crippen LogP contribution in [0, 0.1) is 0 Å². The van der Waals surface area contributed by atoms with Crippen molar-refractivity contribution >= 4 is 114 Å². The van der Waals surface area contributed by atoms with Crippen LogP contribution in [0.2, 0.25) is 0 Å². The summed E-state index contributed by atoms with van der Waals surface area (Å²) in [4.78, 5) is 36.6. The van der Waals surface area contributed by atoms with Gasteiger partial charge in [0.25, 0.3) is 32.3 Å². The van der Waals surface area contributed by atoms with Gasteiger partial charge < -0.3 is 29.2 Å². The number of rotatable bonds is 20. The number of benzene rings is 4. The average molecular weight is 965 g/mol. The van der Waals surface area contributed by atoms with Crippen LogP contribution in [0.25, 0.3) is 12.2 Å². The summed E-state index contributed by atoms with van der Waals surface area (Å²) in [5, 5.41) is 17.9. The Kier molecular flexibility index (Phi) is 21.5. The van der Waals surface area contributed by atoms with E-state index in [-0.39, 0.29) is 169 Å². The van der Waals surface area contributed by atoms with Crippen LogP contribution in [-0.2, 0) is 29.7 Å². The number of para-hydroxylation sites is 2. The SMILES string of the molecule is O=S(=O)(O)c1cc(N=c2[nH]c(OCCOCCO)nc(=Nc3ccccc3)[nH]2)ccc1C=Cc1ccc(N=c2[nH]c(OCCOCCO)nc(=Nc3ccccc3)[nH]2)cc1S(=O)(=O)O.[Na].[Na]. The molecule has 6 rings (SSSR count). The number of H-pyrrole nitrogens is 4. The Morgan fingerprint density at radius 3 is 1.26 bits per heavy atom. The van der Waals surface area contributed by atoms with E-state index >= 15 is 0 Å². The van der Waals surface area contributed by atoms with E-state index < -0.39 is 30.0 Å². The summed E-state index contributed by atoms with van der Waals surface area (Å²) in [6.07, 6.45) is 2.46. The Morgan fingerprint density at radius 1 is 0.500 bits per heavy atom. The molecule has 0 bridgehead atoms. The number of hydrogen-bond acceptors (Lipinski definition) is 16. The van der Waals surface area contributed by atoms with Gasteiger partial charge in [-0.05, 0) is 59.7 Å². The van der Waals surface area contributed by atoms with Crippen molar-refractivity contribution in [2.75, 3.05) is 52.9 Å². The van der Waals surface area contributed by atoms with Crippen molar-refractivity contribution in [1.82, 2.24) is 29.9 Å². The normalized spacial score (nSPS) is 12.8. The zero-order valence-electron chi connectivity index (χ0n) is 35.6. The Morgan fingerprint density at radius 2 is 0.894 bits per heavy atom. The van der Waals surface area contributed by atoms with Gasteiger partial charge in [-0.25, -0.2) is 20.0 Å². The maximum absolute atomic E-state index is 12.7. The van der Waals surface area contributed by atoms with Gasteiger partial charge in [-0.15, -0.1) is 0 Å². The second kappa shape index (κ2) is 26.4. The summed E-state index contributed by atoms with van der Waals surface area (Å²) in [6, 6.07) is 25.4. The van der Waals surface area contributed by atoms with E-state index in [1.54, 1.807) is 48.5 Å². The molecule has 26 heteroatoms. The van der Waals surface area contributed by atoms with E-state index in [9.17, 15) is 25.9 Å². The number of aromatic amines is 4. The fourth-order valence-corrected chi connectivity index (χ4v) is 6.87. The van der Waals surface area contributed by atoms with Crippen molar-refractivity contribution in [2.45, 2.75) is 9.79 Å². The molecule has 0 aliphatic rings. The summed E-state index contributed by atoms with van der Waals surface area (Å²) in [7, 11) is -9.79. The second-order valence-electron chi connectivity index (χ2n) is 12.9. The molecule has 0 atom stereocenters. The number of aliphatic hydroxyl groups excluding tert-OH is 2. The van der Waals surface area contributed by atoms with E-state index in [0.717, 1.165) is 12.1 Å². The Bertz CT molecular complexity index is 2870. The number of nitrogens with one attached hydrogen (secondary N) is 4. The van der Waals surface area contributed by atoms with Crippen molar-refractivity contribution < 1.29 is 55.1 Å². The third-order valence-electron chi connectivity index (χ3n) is 8.19. The Labute approximate surface area is 421 Å². The number of aliphatic hydroxyl groups is 2. The van der Waals surface area contributed by atoms with Crippen molar-refractivity contribution in [1.29, 1.82) is 0 Å². The molecule has 0 aliphatic heterocycles. The van der Waals surface area contributed by atoms with Gasteiger partial charge in [0.2, 0.25) is 22.5 Å². The molecular formula is C40H42N10Na2O12S2. The standard InChI is InChI=1S/C40H42N10O12S2.2Na/c51-17-19-59-21-23-61-39-47-35(41-29-7-3-1-4-8-29)45-37(49-39)43-31-15-13-27(33(25-31)63(53,54)55)11-12-28-14-16-32(26-34(28)64(56,57)58)44-38-46-36(42-30-9-5-2-6-10-30)48-40(50-38)62-24-22-60-20-18-52;;/h1-16,25-26,51-52H,17-24H2,(H,53,54,55)(H,56,57,58)(H2,41,43,45,47,49)(H2,42,44,46,48,50);;. The van der Waals surface area contributed by atoms with Crippen molar-refractivity contribution in [2.24, 2.45) is 20.0 Å². The van der Waals surface area contributed by atoms with Crippen LogP contribution in [0.3, 0.4) is 0 Å². The molecule has 0 unspecified atom stereocenters. The molecule has 8 N–H and O–H groups in total. The first-order valence-electron chi connectivity index (χ1n) is 19.1. The molecule has 0 amide bonds. The van der Waals surface area contributed by atoms with Crippen LogP contribution in [0.4, 0.5) is 22.7 Å². The van der Waals surface area contributed by atoms with Crippen LogP contribution in [0.15, 0.2) is 127 Å². The van der Waals surface area contributed by atoms with Gasteiger partial charge in [-0.2, -0.15) is 26.8 Å². The number of ether oxygens (including phenoxy) is 4. The summed E-state index contributed by atoms with van der Waals surface area (Å²) >= 11 is 0. The molecular weight excluding hydrogens is 923 g/mol. The van der Waals surface area contributed by atoms with Gasteiger partial charge in [0.05, 0.1) is 62.4 Å². The fraction of sp³-hybridized carbons (Fsp3) is 0.200. The minimum absolute atomic E-state index is 0. The monoisotopic (exact) mass is 964 g/mol. The smallest absolute Gasteiger partial charge is 0.299 e. The quantitative estimate of drug-likeness (QED) is 0.0232. The minimum Gasteiger partial charge on any atom is -0.462 e. The van der Waals surface area contributed by atoms with Crippen LogP contribution in [0.5, 0.6) is 12.0 Å². The van der Waals surface area contributed by atoms with Crippen LogP contribution < -0.4 is 31.9 Å². The predicted octanol–water partition coefficient (Wildman–Crippen LogP) is 1.40. The number of nitrogens with zero attached hydrogens (tertiary/aromatic N) is 6. The molecule has 22 nitrogen and oxygen atoms in total. The summed E-state index contributed by atoms with van der Waals surface area (Å²) in [5.74, 6) is 0. The maximum Gasteiger partial charge on any atom is 0.299 e. The molecule has 0 saturated heterocycles. The Balaban J connectivity index is 0.00000476. The topological polar surface area (TPSA) is 324 Å². The molecule has 0 fully saturated rings. The average Bonchev–Trinajstić information content (AvgIpc) is 3.26. The van der Waals surface area contributed by atoms with E-state index in [2.05, 4.69) is 49.9 Å². The van der Waals surface area contributed by atoms with Gasteiger partial charge in [0, 0.05) is 59.1 Å². The molecule has 338 valence electrons. The van der Waals surface area contributed by atoms with Crippen LogP contribution in [0.1, 0.15) is 11.1 Å². The van der Waals surface area contributed by atoms with E-state index in [1.807, 2.05) is 12.1 Å².